The van der Waals surface area contributed by atoms with Gasteiger partial charge in [0, 0.05) is 21.1 Å². The van der Waals surface area contributed by atoms with Crippen LogP contribution in [0.3, 0.4) is 0 Å². The van der Waals surface area contributed by atoms with Crippen molar-refractivity contribution >= 4 is 16.3 Å². The number of carbonyl (C=O) groups excluding carboxylic acids is 1. The normalized spacial score (nSPS) is 11.9. The molecule has 0 heterocycles. The molecule has 0 spiro atoms. The summed E-state index contributed by atoms with van der Waals surface area (Å²) in [5.41, 5.74) is 0. The number of hydrogen-bond acceptors (Lipinski definition) is 3. The van der Waals surface area contributed by atoms with Gasteiger partial charge >= 0.3 is 5.97 Å². The van der Waals surface area contributed by atoms with Crippen LogP contribution in [0.15, 0.2) is 99.6 Å². The molecule has 0 bridgehead atoms. The Morgan fingerprint density at radius 2 is 1.28 bits per heavy atom. The number of hydrogen-bond donors (Lipinski definition) is 0. The summed E-state index contributed by atoms with van der Waals surface area (Å²) in [4.78, 5) is 15.7. The van der Waals surface area contributed by atoms with Gasteiger partial charge in [0.1, 0.15) is 5.75 Å². The molecule has 0 N–H and O–H groups in total. The third-order valence-electron chi connectivity index (χ3n) is 4.35. The monoisotopic (exact) mass is 408 g/mol. The highest BCUT2D eigenvalue weighted by atomic mass is 32.3. The molecule has 0 amide bonds. The average Bonchev–Trinajstić information content (AvgIpc) is 2.74. The Kier molecular flexibility index (Phi) is 6.99. The van der Waals surface area contributed by atoms with E-state index >= 15 is 0 Å². The van der Waals surface area contributed by atoms with Gasteiger partial charge in [-0.25, -0.2) is 0 Å². The molecule has 3 aromatic rings. The van der Waals surface area contributed by atoms with E-state index in [1.807, 2.05) is 106 Å². The molecule has 0 aliphatic rings. The molecule has 0 radical (unpaired) electrons. The summed E-state index contributed by atoms with van der Waals surface area (Å²) < 4.78 is 12.2. The fourth-order valence-electron chi connectivity index (χ4n) is 3.14. The van der Waals surface area contributed by atoms with E-state index < -0.39 is 10.3 Å². The fourth-order valence-corrected chi connectivity index (χ4v) is 6.21. The van der Waals surface area contributed by atoms with Crippen molar-refractivity contribution < 1.29 is 13.7 Å². The molecule has 29 heavy (non-hydrogen) atoms. The molecule has 4 heteroatoms. The predicted octanol–water partition coefficient (Wildman–Crippen LogP) is 7.01. The Balaban J connectivity index is 2.19. The average molecular weight is 409 g/mol. The van der Waals surface area contributed by atoms with E-state index in [0.717, 1.165) is 26.9 Å². The maximum absolute atomic E-state index is 12.8. The molecule has 0 aromatic heterocycles. The molecule has 0 aliphatic heterocycles. The van der Waals surface area contributed by atoms with Gasteiger partial charge in [-0.05, 0) is 79.1 Å². The highest BCUT2D eigenvalue weighted by molar-refractivity contribution is 8.30. The van der Waals surface area contributed by atoms with Crippen LogP contribution >= 0.6 is 10.3 Å². The Hall–Kier alpha value is -2.72. The van der Waals surface area contributed by atoms with Gasteiger partial charge in [0.15, 0.2) is 0 Å². The molecule has 3 rings (SSSR count). The van der Waals surface area contributed by atoms with Crippen LogP contribution < -0.4 is 4.74 Å². The number of carbonyl (C=O) groups is 1. The molecule has 0 fully saturated rings. The van der Waals surface area contributed by atoms with Gasteiger partial charge < -0.3 is 8.92 Å². The van der Waals surface area contributed by atoms with Crippen molar-refractivity contribution in [3.63, 3.8) is 0 Å². The molecule has 0 unspecified atom stereocenters. The summed E-state index contributed by atoms with van der Waals surface area (Å²) in [5.74, 6) is 0.621. The summed E-state index contributed by atoms with van der Waals surface area (Å²) in [6.45, 7) is 6.00. The minimum Gasteiger partial charge on any atom is -0.491 e. The standard InChI is InChI=1S/C25H28O3S/c1-4-11-25(26)28-29(22-12-7-5-8-13-22,23-14-9-6-10-15-23)24-18-16-21(17-19-24)27-20(2)3/h5-10,12-20H,4,11H2,1-3H3. The van der Waals surface area contributed by atoms with Gasteiger partial charge in [-0.1, -0.05) is 43.3 Å². The SMILES string of the molecule is CCCC(=O)OS(c1ccccc1)(c1ccccc1)c1ccc(OC(C)C)cc1. The van der Waals surface area contributed by atoms with Gasteiger partial charge in [0.25, 0.3) is 0 Å². The molecular weight excluding hydrogens is 380 g/mol. The molecule has 3 nitrogen and oxygen atoms in total. The first-order chi connectivity index (χ1) is 14.1. The lowest BCUT2D eigenvalue weighted by Crippen LogP contribution is -2.13. The summed E-state index contributed by atoms with van der Waals surface area (Å²) in [5, 5.41) is 0. The van der Waals surface area contributed by atoms with Crippen molar-refractivity contribution in [1.82, 2.24) is 0 Å². The summed E-state index contributed by atoms with van der Waals surface area (Å²) in [7, 11) is -2.20. The maximum Gasteiger partial charge on any atom is 0.317 e. The van der Waals surface area contributed by atoms with Crippen LogP contribution in [0.4, 0.5) is 0 Å². The van der Waals surface area contributed by atoms with Gasteiger partial charge in [-0.2, -0.15) is 0 Å². The van der Waals surface area contributed by atoms with Crippen molar-refractivity contribution in [3.05, 3.63) is 84.9 Å². The number of benzene rings is 3. The van der Waals surface area contributed by atoms with Crippen molar-refractivity contribution in [2.24, 2.45) is 0 Å². The predicted molar refractivity (Wildman–Crippen MR) is 118 cm³/mol. The third-order valence-corrected chi connectivity index (χ3v) is 7.59. The van der Waals surface area contributed by atoms with Crippen molar-refractivity contribution in [1.29, 1.82) is 0 Å². The zero-order chi connectivity index (χ0) is 20.7. The molecule has 3 aromatic carbocycles. The van der Waals surface area contributed by atoms with E-state index in [1.54, 1.807) is 0 Å². The summed E-state index contributed by atoms with van der Waals surface area (Å²) in [6.07, 6.45) is 1.24. The highest BCUT2D eigenvalue weighted by Gasteiger charge is 2.35. The van der Waals surface area contributed by atoms with Crippen molar-refractivity contribution in [3.8, 4) is 5.75 Å². The van der Waals surface area contributed by atoms with E-state index in [2.05, 4.69) is 0 Å². The first-order valence-electron chi connectivity index (χ1n) is 9.99. The zero-order valence-electron chi connectivity index (χ0n) is 17.2. The second-order valence-electron chi connectivity index (χ2n) is 7.03. The van der Waals surface area contributed by atoms with E-state index in [9.17, 15) is 4.79 Å². The lowest BCUT2D eigenvalue weighted by Gasteiger charge is -2.39. The van der Waals surface area contributed by atoms with Crippen molar-refractivity contribution in [2.45, 2.75) is 54.4 Å². The Morgan fingerprint density at radius 1 is 0.793 bits per heavy atom. The Labute approximate surface area is 175 Å². The smallest absolute Gasteiger partial charge is 0.317 e. The second kappa shape index (κ2) is 9.66. The first-order valence-corrected chi connectivity index (χ1v) is 11.5. The molecule has 0 aliphatic carbocycles. The molecule has 0 atom stereocenters. The minimum atomic E-state index is -2.20. The van der Waals surface area contributed by atoms with E-state index in [0.29, 0.717) is 6.42 Å². The van der Waals surface area contributed by atoms with Gasteiger partial charge in [-0.3, -0.25) is 4.79 Å². The maximum atomic E-state index is 12.8. The van der Waals surface area contributed by atoms with Gasteiger partial charge in [0.05, 0.1) is 6.10 Å². The second-order valence-corrected chi connectivity index (χ2v) is 9.72. The molecule has 0 saturated carbocycles. The van der Waals surface area contributed by atoms with Gasteiger partial charge in [0.2, 0.25) is 0 Å². The van der Waals surface area contributed by atoms with E-state index in [-0.39, 0.29) is 12.1 Å². The molecule has 152 valence electrons. The lowest BCUT2D eigenvalue weighted by molar-refractivity contribution is -0.133. The zero-order valence-corrected chi connectivity index (χ0v) is 18.0. The summed E-state index contributed by atoms with van der Waals surface area (Å²) in [6, 6.07) is 28.0. The van der Waals surface area contributed by atoms with Crippen LogP contribution in [0.5, 0.6) is 5.75 Å². The Morgan fingerprint density at radius 3 is 1.72 bits per heavy atom. The minimum absolute atomic E-state index is 0.101. The quantitative estimate of drug-likeness (QED) is 0.402. The van der Waals surface area contributed by atoms with Crippen LogP contribution in [-0.2, 0) is 8.98 Å². The fraction of sp³-hybridized carbons (Fsp3) is 0.240. The highest BCUT2D eigenvalue weighted by Crippen LogP contribution is 2.69. The summed E-state index contributed by atoms with van der Waals surface area (Å²) >= 11 is 0. The largest absolute Gasteiger partial charge is 0.491 e. The van der Waals surface area contributed by atoms with Crippen LogP contribution in [0, 0.1) is 0 Å². The topological polar surface area (TPSA) is 35.5 Å². The van der Waals surface area contributed by atoms with Crippen LogP contribution in [0.25, 0.3) is 0 Å². The third kappa shape index (κ3) is 4.83. The van der Waals surface area contributed by atoms with Crippen LogP contribution in [-0.4, -0.2) is 12.1 Å². The Bertz CT molecular complexity index is 866. The molecule has 0 saturated heterocycles. The number of rotatable bonds is 8. The lowest BCUT2D eigenvalue weighted by atomic mass is 10.3. The van der Waals surface area contributed by atoms with Crippen LogP contribution in [0.2, 0.25) is 0 Å². The van der Waals surface area contributed by atoms with E-state index in [1.165, 1.54) is 0 Å². The number of ether oxygens (including phenoxy) is 1. The van der Waals surface area contributed by atoms with E-state index in [4.69, 9.17) is 8.92 Å². The van der Waals surface area contributed by atoms with Gasteiger partial charge in [-0.15, -0.1) is 0 Å². The first kappa shape index (κ1) is 21.0. The molecular formula is C25H28O3S. The van der Waals surface area contributed by atoms with Crippen LogP contribution in [0.1, 0.15) is 33.6 Å². The van der Waals surface area contributed by atoms with Crippen molar-refractivity contribution in [2.75, 3.05) is 0 Å².